The number of oxime groups is 1. The maximum atomic E-state index is 8.41. The summed E-state index contributed by atoms with van der Waals surface area (Å²) in [6, 6.07) is 5.20. The number of hydrogen-bond acceptors (Lipinski definition) is 3. The van der Waals surface area contributed by atoms with Gasteiger partial charge in [0.25, 0.3) is 0 Å². The van der Waals surface area contributed by atoms with Crippen LogP contribution in [0.5, 0.6) is 0 Å². The summed E-state index contributed by atoms with van der Waals surface area (Å²) >= 11 is 0. The number of rotatable bonds is 1. The Hall–Kier alpha value is -1.71. The van der Waals surface area contributed by atoms with Crippen LogP contribution in [0.15, 0.2) is 23.4 Å². The van der Waals surface area contributed by atoms with Gasteiger partial charge in [0, 0.05) is 11.3 Å². The van der Waals surface area contributed by atoms with Crippen LogP contribution in [0.1, 0.15) is 11.1 Å². The second-order valence-electron chi connectivity index (χ2n) is 2.56. The monoisotopic (exact) mass is 165 g/mol. The van der Waals surface area contributed by atoms with Crippen molar-refractivity contribution in [3.8, 4) is 0 Å². The molecule has 1 aromatic rings. The Bertz CT molecular complexity index is 320. The Kier molecular flexibility index (Phi) is 2.19. The van der Waals surface area contributed by atoms with Gasteiger partial charge >= 0.3 is 0 Å². The second-order valence-corrected chi connectivity index (χ2v) is 2.56. The quantitative estimate of drug-likeness (QED) is 0.188. The smallest absolute Gasteiger partial charge is 0.170 e. The Morgan fingerprint density at radius 3 is 2.67 bits per heavy atom. The highest BCUT2D eigenvalue weighted by atomic mass is 16.4. The Morgan fingerprint density at radius 1 is 1.50 bits per heavy atom. The largest absolute Gasteiger partial charge is 0.409 e. The first-order valence-corrected chi connectivity index (χ1v) is 3.49. The SMILES string of the molecule is Cc1cc(N)ccc1/C(N)=N/O. The normalized spacial score (nSPS) is 11.6. The minimum atomic E-state index is 0.104. The van der Waals surface area contributed by atoms with Gasteiger partial charge in [-0.15, -0.1) is 0 Å². The van der Waals surface area contributed by atoms with E-state index in [1.807, 2.05) is 6.92 Å². The van der Waals surface area contributed by atoms with Crippen LogP contribution >= 0.6 is 0 Å². The predicted octanol–water partition coefficient (Wildman–Crippen LogP) is 0.672. The average molecular weight is 165 g/mol. The third-order valence-electron chi connectivity index (χ3n) is 1.63. The molecule has 0 unspecified atom stereocenters. The van der Waals surface area contributed by atoms with E-state index in [1.54, 1.807) is 18.2 Å². The number of hydrogen-bond donors (Lipinski definition) is 3. The van der Waals surface area contributed by atoms with Gasteiger partial charge < -0.3 is 16.7 Å². The van der Waals surface area contributed by atoms with E-state index in [2.05, 4.69) is 5.16 Å². The highest BCUT2D eigenvalue weighted by Crippen LogP contribution is 2.11. The molecule has 64 valence electrons. The zero-order valence-corrected chi connectivity index (χ0v) is 6.78. The van der Waals surface area contributed by atoms with Gasteiger partial charge in [0.2, 0.25) is 0 Å². The molecule has 0 spiro atoms. The van der Waals surface area contributed by atoms with E-state index in [-0.39, 0.29) is 5.84 Å². The van der Waals surface area contributed by atoms with E-state index in [1.165, 1.54) is 0 Å². The molecule has 0 radical (unpaired) electrons. The topological polar surface area (TPSA) is 84.6 Å². The van der Waals surface area contributed by atoms with Crippen LogP contribution in [-0.4, -0.2) is 11.0 Å². The fourth-order valence-electron chi connectivity index (χ4n) is 1.03. The van der Waals surface area contributed by atoms with Gasteiger partial charge in [-0.25, -0.2) is 0 Å². The number of amidine groups is 1. The van der Waals surface area contributed by atoms with Gasteiger partial charge in [-0.3, -0.25) is 0 Å². The van der Waals surface area contributed by atoms with E-state index in [0.29, 0.717) is 11.3 Å². The molecule has 5 N–H and O–H groups in total. The molecule has 0 heterocycles. The number of benzene rings is 1. The lowest BCUT2D eigenvalue weighted by atomic mass is 10.1. The van der Waals surface area contributed by atoms with Crippen LogP contribution in [0.2, 0.25) is 0 Å². The second kappa shape index (κ2) is 3.13. The molecular weight excluding hydrogens is 154 g/mol. The molecule has 0 amide bonds. The van der Waals surface area contributed by atoms with Gasteiger partial charge in [-0.2, -0.15) is 0 Å². The number of anilines is 1. The van der Waals surface area contributed by atoms with Crippen LogP contribution in [0.25, 0.3) is 0 Å². The van der Waals surface area contributed by atoms with E-state index >= 15 is 0 Å². The van der Waals surface area contributed by atoms with Gasteiger partial charge in [-0.1, -0.05) is 5.16 Å². The van der Waals surface area contributed by atoms with E-state index in [9.17, 15) is 0 Å². The van der Waals surface area contributed by atoms with Gasteiger partial charge in [0.1, 0.15) is 0 Å². The van der Waals surface area contributed by atoms with Crippen LogP contribution in [-0.2, 0) is 0 Å². The molecule has 0 fully saturated rings. The van der Waals surface area contributed by atoms with Gasteiger partial charge in [-0.05, 0) is 30.7 Å². The summed E-state index contributed by atoms with van der Waals surface area (Å²) in [4.78, 5) is 0. The number of nitrogens with zero attached hydrogens (tertiary/aromatic N) is 1. The van der Waals surface area contributed by atoms with Crippen molar-refractivity contribution < 1.29 is 5.21 Å². The van der Waals surface area contributed by atoms with Crippen molar-refractivity contribution in [2.75, 3.05) is 5.73 Å². The highest BCUT2D eigenvalue weighted by Gasteiger charge is 2.02. The van der Waals surface area contributed by atoms with Crippen LogP contribution < -0.4 is 11.5 Å². The third-order valence-corrected chi connectivity index (χ3v) is 1.63. The predicted molar refractivity (Wildman–Crippen MR) is 48.1 cm³/mol. The third kappa shape index (κ3) is 1.47. The molecule has 12 heavy (non-hydrogen) atoms. The van der Waals surface area contributed by atoms with Crippen molar-refractivity contribution in [2.24, 2.45) is 10.9 Å². The maximum absolute atomic E-state index is 8.41. The van der Waals surface area contributed by atoms with E-state index < -0.39 is 0 Å². The first-order chi connectivity index (χ1) is 5.65. The molecule has 0 aliphatic carbocycles. The van der Waals surface area contributed by atoms with Crippen LogP contribution in [0, 0.1) is 6.92 Å². The molecule has 4 heteroatoms. The maximum Gasteiger partial charge on any atom is 0.170 e. The van der Waals surface area contributed by atoms with E-state index in [0.717, 1.165) is 5.56 Å². The summed E-state index contributed by atoms with van der Waals surface area (Å²) in [5, 5.41) is 11.3. The lowest BCUT2D eigenvalue weighted by Gasteiger charge is -2.03. The standard InChI is InChI=1S/C8H11N3O/c1-5-4-6(9)2-3-7(5)8(10)11-12/h2-4,12H,9H2,1H3,(H2,10,11). The fraction of sp³-hybridized carbons (Fsp3) is 0.125. The molecule has 0 saturated heterocycles. The summed E-state index contributed by atoms with van der Waals surface area (Å²) in [6.07, 6.45) is 0. The van der Waals surface area contributed by atoms with Gasteiger partial charge in [0.05, 0.1) is 0 Å². The first-order valence-electron chi connectivity index (χ1n) is 3.49. The lowest BCUT2D eigenvalue weighted by molar-refractivity contribution is 0.318. The van der Waals surface area contributed by atoms with Crippen molar-refractivity contribution in [3.63, 3.8) is 0 Å². The summed E-state index contributed by atoms with van der Waals surface area (Å²) in [7, 11) is 0. The molecule has 1 rings (SSSR count). The number of aryl methyl sites for hydroxylation is 1. The number of nitrogens with two attached hydrogens (primary N) is 2. The first kappa shape index (κ1) is 8.39. The minimum absolute atomic E-state index is 0.104. The highest BCUT2D eigenvalue weighted by molar-refractivity contribution is 5.98. The summed E-state index contributed by atoms with van der Waals surface area (Å²) in [5.74, 6) is 0.104. The molecule has 1 aromatic carbocycles. The van der Waals surface area contributed by atoms with Crippen molar-refractivity contribution >= 4 is 11.5 Å². The molecule has 0 aliphatic heterocycles. The molecule has 0 saturated carbocycles. The van der Waals surface area contributed by atoms with Crippen molar-refractivity contribution in [2.45, 2.75) is 6.92 Å². The van der Waals surface area contributed by atoms with Gasteiger partial charge in [0.15, 0.2) is 5.84 Å². The summed E-state index contributed by atoms with van der Waals surface area (Å²) in [5.41, 5.74) is 13.2. The van der Waals surface area contributed by atoms with Crippen molar-refractivity contribution in [3.05, 3.63) is 29.3 Å². The average Bonchev–Trinajstić information content (AvgIpc) is 2.03. The van der Waals surface area contributed by atoms with Crippen molar-refractivity contribution in [1.29, 1.82) is 0 Å². The Morgan fingerprint density at radius 2 is 2.17 bits per heavy atom. The summed E-state index contributed by atoms with van der Waals surface area (Å²) < 4.78 is 0. The Labute approximate surface area is 70.5 Å². The van der Waals surface area contributed by atoms with Crippen molar-refractivity contribution in [1.82, 2.24) is 0 Å². The molecule has 4 nitrogen and oxygen atoms in total. The van der Waals surface area contributed by atoms with E-state index in [4.69, 9.17) is 16.7 Å². The van der Waals surface area contributed by atoms with Crippen LogP contribution in [0.3, 0.4) is 0 Å². The fourth-order valence-corrected chi connectivity index (χ4v) is 1.03. The Balaban J connectivity index is 3.18. The molecule has 0 atom stereocenters. The summed E-state index contributed by atoms with van der Waals surface area (Å²) in [6.45, 7) is 1.85. The minimum Gasteiger partial charge on any atom is -0.409 e. The lowest BCUT2D eigenvalue weighted by Crippen LogP contribution is -2.14. The molecular formula is C8H11N3O. The molecule has 0 aliphatic rings. The molecule has 0 bridgehead atoms. The number of nitrogen functional groups attached to an aromatic ring is 1. The van der Waals surface area contributed by atoms with Crippen LogP contribution in [0.4, 0.5) is 5.69 Å². The molecule has 0 aromatic heterocycles. The zero-order chi connectivity index (χ0) is 9.14. The zero-order valence-electron chi connectivity index (χ0n) is 6.78.